The van der Waals surface area contributed by atoms with Crippen LogP contribution in [0.3, 0.4) is 0 Å². The van der Waals surface area contributed by atoms with E-state index in [1.807, 2.05) is 13.8 Å². The minimum atomic E-state index is 0.645. The van der Waals surface area contributed by atoms with Crippen molar-refractivity contribution in [2.75, 3.05) is 13.2 Å². The van der Waals surface area contributed by atoms with Crippen LogP contribution in [0.5, 0.6) is 11.5 Å². The van der Waals surface area contributed by atoms with E-state index >= 15 is 0 Å². The first-order valence-corrected chi connectivity index (χ1v) is 11.5. The molecule has 0 aromatic heterocycles. The van der Waals surface area contributed by atoms with E-state index in [4.69, 9.17) is 9.47 Å². The number of hydrogen-bond acceptors (Lipinski definition) is 2. The molecule has 0 amide bonds. The van der Waals surface area contributed by atoms with E-state index in [1.165, 1.54) is 10.8 Å². The molecule has 148 valence electrons. The van der Waals surface area contributed by atoms with E-state index in [2.05, 4.69) is 92.5 Å². The quantitative estimate of drug-likeness (QED) is 0.235. The van der Waals surface area contributed by atoms with Gasteiger partial charge in [0.15, 0.2) is 0 Å². The largest absolute Gasteiger partial charge is 0.493 e. The summed E-state index contributed by atoms with van der Waals surface area (Å²) in [5, 5.41) is 4.67. The SMILES string of the molecule is Brc1ccc2c3c(ccc2c1)OCCCOc1ccc2cc(Br)ccc2c1-3.CC. The van der Waals surface area contributed by atoms with Crippen molar-refractivity contribution in [3.63, 3.8) is 0 Å². The van der Waals surface area contributed by atoms with Crippen LogP contribution in [-0.4, -0.2) is 13.2 Å². The Morgan fingerprint density at radius 1 is 0.621 bits per heavy atom. The molecule has 0 atom stereocenters. The fourth-order valence-corrected chi connectivity index (χ4v) is 4.50. The van der Waals surface area contributed by atoms with Gasteiger partial charge < -0.3 is 9.47 Å². The second kappa shape index (κ2) is 8.76. The van der Waals surface area contributed by atoms with Crippen LogP contribution in [0, 0.1) is 0 Å². The van der Waals surface area contributed by atoms with Crippen LogP contribution in [0.1, 0.15) is 20.3 Å². The number of halogens is 2. The van der Waals surface area contributed by atoms with Crippen molar-refractivity contribution in [2.45, 2.75) is 20.3 Å². The number of hydrogen-bond donors (Lipinski definition) is 0. The molecule has 0 saturated carbocycles. The molecule has 0 fully saturated rings. The van der Waals surface area contributed by atoms with Crippen LogP contribution in [0.25, 0.3) is 32.7 Å². The van der Waals surface area contributed by atoms with Crippen molar-refractivity contribution >= 4 is 53.4 Å². The molecule has 0 radical (unpaired) electrons. The minimum absolute atomic E-state index is 0.645. The van der Waals surface area contributed by atoms with E-state index in [1.54, 1.807) is 0 Å². The zero-order valence-electron chi connectivity index (χ0n) is 16.5. The summed E-state index contributed by atoms with van der Waals surface area (Å²) in [6.07, 6.45) is 0.857. The Hall–Kier alpha value is -2.04. The fourth-order valence-electron chi connectivity index (χ4n) is 3.74. The Morgan fingerprint density at radius 3 is 1.52 bits per heavy atom. The molecule has 0 bridgehead atoms. The molecule has 0 saturated heterocycles. The summed E-state index contributed by atoms with van der Waals surface area (Å²) in [5.74, 6) is 1.82. The van der Waals surface area contributed by atoms with Crippen molar-refractivity contribution < 1.29 is 9.47 Å². The molecule has 4 heteroatoms. The van der Waals surface area contributed by atoms with E-state index in [0.29, 0.717) is 13.2 Å². The molecule has 0 aliphatic carbocycles. The van der Waals surface area contributed by atoms with Crippen LogP contribution in [0.15, 0.2) is 69.6 Å². The van der Waals surface area contributed by atoms with E-state index in [9.17, 15) is 0 Å². The maximum Gasteiger partial charge on any atom is 0.127 e. The molecule has 0 spiro atoms. The topological polar surface area (TPSA) is 18.5 Å². The molecule has 0 N–H and O–H groups in total. The van der Waals surface area contributed by atoms with E-state index in [0.717, 1.165) is 48.8 Å². The molecule has 5 rings (SSSR count). The molecular weight excluding hydrogens is 492 g/mol. The second-order valence-corrected chi connectivity index (χ2v) is 8.49. The Kier molecular flexibility index (Phi) is 6.12. The van der Waals surface area contributed by atoms with Crippen LogP contribution in [0.4, 0.5) is 0 Å². The van der Waals surface area contributed by atoms with Crippen molar-refractivity contribution in [3.05, 3.63) is 69.6 Å². The van der Waals surface area contributed by atoms with Crippen LogP contribution >= 0.6 is 31.9 Å². The summed E-state index contributed by atoms with van der Waals surface area (Å²) in [4.78, 5) is 0. The molecule has 4 aromatic rings. The van der Waals surface area contributed by atoms with Crippen molar-refractivity contribution in [1.82, 2.24) is 0 Å². The van der Waals surface area contributed by atoms with Gasteiger partial charge in [0.05, 0.1) is 13.2 Å². The summed E-state index contributed by atoms with van der Waals surface area (Å²) in [6, 6.07) is 21.2. The summed E-state index contributed by atoms with van der Waals surface area (Å²) >= 11 is 7.17. The summed E-state index contributed by atoms with van der Waals surface area (Å²) in [6.45, 7) is 5.29. The van der Waals surface area contributed by atoms with Gasteiger partial charge in [-0.2, -0.15) is 0 Å². The lowest BCUT2D eigenvalue weighted by Gasteiger charge is -2.18. The Labute approximate surface area is 188 Å². The first kappa shape index (κ1) is 20.2. The lowest BCUT2D eigenvalue weighted by Crippen LogP contribution is -2.03. The van der Waals surface area contributed by atoms with Crippen molar-refractivity contribution in [3.8, 4) is 22.6 Å². The zero-order valence-corrected chi connectivity index (χ0v) is 19.6. The summed E-state index contributed by atoms with van der Waals surface area (Å²) in [5.41, 5.74) is 2.20. The number of benzene rings is 4. The average Bonchev–Trinajstić information content (AvgIpc) is 2.83. The lowest BCUT2D eigenvalue weighted by molar-refractivity contribution is 0.252. The average molecular weight is 514 g/mol. The highest BCUT2D eigenvalue weighted by Gasteiger charge is 2.20. The highest BCUT2D eigenvalue weighted by Crippen LogP contribution is 2.46. The normalized spacial score (nSPS) is 13.0. The van der Waals surface area contributed by atoms with Gasteiger partial charge in [-0.25, -0.2) is 0 Å². The van der Waals surface area contributed by atoms with Gasteiger partial charge in [0.1, 0.15) is 11.5 Å². The van der Waals surface area contributed by atoms with Gasteiger partial charge in [0.25, 0.3) is 0 Å². The third-order valence-corrected chi connectivity index (χ3v) is 5.93. The van der Waals surface area contributed by atoms with Gasteiger partial charge in [-0.05, 0) is 57.9 Å². The van der Waals surface area contributed by atoms with Crippen molar-refractivity contribution in [2.24, 2.45) is 0 Å². The van der Waals surface area contributed by atoms with Gasteiger partial charge in [-0.15, -0.1) is 0 Å². The lowest BCUT2D eigenvalue weighted by atomic mass is 9.92. The molecular formula is C25H22Br2O2. The van der Waals surface area contributed by atoms with Crippen molar-refractivity contribution in [1.29, 1.82) is 0 Å². The number of rotatable bonds is 0. The standard InChI is InChI=1S/C23H16Br2O2.C2H6/c24-16-4-6-18-14(12-16)2-8-20-22(18)23-19-7-5-17(25)13-15(19)3-9-21(23)27-11-1-10-26-20;1-2/h2-9,12-13H,1,10-11H2;1-2H3. The number of fused-ring (bicyclic) bond motifs is 7. The predicted molar refractivity (Wildman–Crippen MR) is 129 cm³/mol. The molecule has 1 aliphatic heterocycles. The Morgan fingerprint density at radius 2 is 1.07 bits per heavy atom. The first-order valence-electron chi connectivity index (χ1n) is 9.91. The highest BCUT2D eigenvalue weighted by molar-refractivity contribution is 9.10. The fraction of sp³-hybridized carbons (Fsp3) is 0.200. The molecule has 0 unspecified atom stereocenters. The first-order chi connectivity index (χ1) is 14.2. The molecule has 4 aromatic carbocycles. The van der Waals surface area contributed by atoms with Crippen LogP contribution in [-0.2, 0) is 0 Å². The Balaban J connectivity index is 0.000000994. The van der Waals surface area contributed by atoms with Crippen LogP contribution in [0.2, 0.25) is 0 Å². The number of ether oxygens (including phenoxy) is 2. The van der Waals surface area contributed by atoms with Gasteiger partial charge in [-0.1, -0.05) is 70.0 Å². The zero-order chi connectivity index (χ0) is 20.4. The Bertz CT molecular complexity index is 1090. The smallest absolute Gasteiger partial charge is 0.127 e. The van der Waals surface area contributed by atoms with Gasteiger partial charge in [0.2, 0.25) is 0 Å². The predicted octanol–water partition coefficient (Wildman–Crippen LogP) is 8.37. The maximum absolute atomic E-state index is 6.18. The van der Waals surface area contributed by atoms with Crippen LogP contribution < -0.4 is 9.47 Å². The van der Waals surface area contributed by atoms with E-state index < -0.39 is 0 Å². The molecule has 1 aliphatic rings. The second-order valence-electron chi connectivity index (χ2n) is 6.66. The summed E-state index contributed by atoms with van der Waals surface area (Å²) in [7, 11) is 0. The molecule has 2 nitrogen and oxygen atoms in total. The maximum atomic E-state index is 6.18. The highest BCUT2D eigenvalue weighted by atomic mass is 79.9. The van der Waals surface area contributed by atoms with E-state index in [-0.39, 0.29) is 0 Å². The third-order valence-electron chi connectivity index (χ3n) is 4.94. The monoisotopic (exact) mass is 512 g/mol. The minimum Gasteiger partial charge on any atom is -0.493 e. The third kappa shape index (κ3) is 3.88. The van der Waals surface area contributed by atoms with Gasteiger partial charge >= 0.3 is 0 Å². The summed E-state index contributed by atoms with van der Waals surface area (Å²) < 4.78 is 14.5. The molecule has 1 heterocycles. The molecule has 29 heavy (non-hydrogen) atoms. The van der Waals surface area contributed by atoms with Gasteiger partial charge in [0, 0.05) is 26.5 Å². The van der Waals surface area contributed by atoms with Gasteiger partial charge in [-0.3, -0.25) is 0 Å².